The van der Waals surface area contributed by atoms with E-state index in [0.717, 1.165) is 30.2 Å². The zero-order valence-corrected chi connectivity index (χ0v) is 11.6. The zero-order valence-electron chi connectivity index (χ0n) is 11.6. The Kier molecular flexibility index (Phi) is 2.77. The Morgan fingerprint density at radius 2 is 2.05 bits per heavy atom. The number of anilines is 2. The van der Waals surface area contributed by atoms with Gasteiger partial charge in [0.05, 0.1) is 0 Å². The Morgan fingerprint density at radius 1 is 1.10 bits per heavy atom. The van der Waals surface area contributed by atoms with E-state index >= 15 is 0 Å². The number of pyridine rings is 1. The molecule has 2 saturated heterocycles. The molecule has 1 aromatic carbocycles. The molecule has 0 aliphatic carbocycles. The van der Waals surface area contributed by atoms with Crippen LogP contribution in [-0.4, -0.2) is 42.1 Å². The lowest BCUT2D eigenvalue weighted by molar-refractivity contribution is 0.231. The predicted molar refractivity (Wildman–Crippen MR) is 83.0 cm³/mol. The Balaban J connectivity index is 1.73. The van der Waals surface area contributed by atoms with Crippen LogP contribution in [0.4, 0.5) is 11.4 Å². The highest BCUT2D eigenvalue weighted by molar-refractivity contribution is 6.00. The summed E-state index contributed by atoms with van der Waals surface area (Å²) in [5, 5.41) is 2.30. The molecular weight excluding hydrogens is 248 g/mol. The topological polar surface area (TPSA) is 45.4 Å². The number of piperazine rings is 1. The molecule has 3 heterocycles. The molecule has 2 N–H and O–H groups in total. The Morgan fingerprint density at radius 3 is 3.00 bits per heavy atom. The van der Waals surface area contributed by atoms with E-state index in [1.54, 1.807) is 0 Å². The summed E-state index contributed by atoms with van der Waals surface area (Å²) in [6.07, 6.45) is 6.42. The molecule has 2 aliphatic rings. The molecule has 1 unspecified atom stereocenters. The van der Waals surface area contributed by atoms with E-state index in [9.17, 15) is 0 Å². The fraction of sp³-hybridized carbons (Fsp3) is 0.438. The van der Waals surface area contributed by atoms with E-state index in [0.29, 0.717) is 0 Å². The molecule has 1 aromatic heterocycles. The van der Waals surface area contributed by atoms with Crippen molar-refractivity contribution in [2.45, 2.75) is 18.9 Å². The smallest absolute Gasteiger partial charge is 0.0449 e. The van der Waals surface area contributed by atoms with Gasteiger partial charge in [-0.3, -0.25) is 9.88 Å². The van der Waals surface area contributed by atoms with Crippen LogP contribution in [0.2, 0.25) is 0 Å². The van der Waals surface area contributed by atoms with Crippen molar-refractivity contribution < 1.29 is 0 Å². The van der Waals surface area contributed by atoms with Crippen molar-refractivity contribution >= 4 is 22.1 Å². The van der Waals surface area contributed by atoms with Crippen LogP contribution in [0, 0.1) is 0 Å². The van der Waals surface area contributed by atoms with Crippen LogP contribution in [0.3, 0.4) is 0 Å². The second-order valence-electron chi connectivity index (χ2n) is 5.87. The molecule has 4 heteroatoms. The van der Waals surface area contributed by atoms with Gasteiger partial charge in [0.2, 0.25) is 0 Å². The maximum Gasteiger partial charge on any atom is 0.0449 e. The molecule has 4 rings (SSSR count). The number of nitrogens with zero attached hydrogens (tertiary/aromatic N) is 3. The van der Waals surface area contributed by atoms with Crippen molar-refractivity contribution in [2.75, 3.05) is 36.8 Å². The molecule has 2 aliphatic heterocycles. The molecular formula is C16H20N4. The van der Waals surface area contributed by atoms with Crippen molar-refractivity contribution in [3.05, 3.63) is 30.6 Å². The van der Waals surface area contributed by atoms with Crippen molar-refractivity contribution in [1.82, 2.24) is 9.88 Å². The van der Waals surface area contributed by atoms with Crippen molar-refractivity contribution in [1.29, 1.82) is 0 Å². The quantitative estimate of drug-likeness (QED) is 0.805. The van der Waals surface area contributed by atoms with E-state index in [-0.39, 0.29) is 0 Å². The summed E-state index contributed by atoms with van der Waals surface area (Å²) in [5.74, 6) is 0. The summed E-state index contributed by atoms with van der Waals surface area (Å²) < 4.78 is 0. The number of rotatable bonds is 1. The summed E-state index contributed by atoms with van der Waals surface area (Å²) in [7, 11) is 0. The molecule has 2 fully saturated rings. The third-order valence-electron chi connectivity index (χ3n) is 4.76. The average molecular weight is 268 g/mol. The van der Waals surface area contributed by atoms with Gasteiger partial charge in [0.15, 0.2) is 0 Å². The summed E-state index contributed by atoms with van der Waals surface area (Å²) in [4.78, 5) is 9.36. The second-order valence-corrected chi connectivity index (χ2v) is 5.87. The molecule has 20 heavy (non-hydrogen) atoms. The highest BCUT2D eigenvalue weighted by atomic mass is 15.3. The molecule has 104 valence electrons. The SMILES string of the molecule is Nc1ccc(N2CCN3CCCC3C2)c2ccncc12. The second kappa shape index (κ2) is 4.63. The zero-order chi connectivity index (χ0) is 13.5. The number of hydrogen-bond acceptors (Lipinski definition) is 4. The summed E-state index contributed by atoms with van der Waals surface area (Å²) in [6.45, 7) is 4.71. The first-order chi connectivity index (χ1) is 9.83. The van der Waals surface area contributed by atoms with Crippen LogP contribution < -0.4 is 10.6 Å². The highest BCUT2D eigenvalue weighted by Gasteiger charge is 2.31. The Hall–Kier alpha value is -1.81. The van der Waals surface area contributed by atoms with E-state index < -0.39 is 0 Å². The Labute approximate surface area is 119 Å². The highest BCUT2D eigenvalue weighted by Crippen LogP contribution is 2.33. The van der Waals surface area contributed by atoms with E-state index in [1.807, 2.05) is 18.5 Å². The number of nitrogens with two attached hydrogens (primary N) is 1. The first kappa shape index (κ1) is 12.0. The number of benzene rings is 1. The Bertz CT molecular complexity index is 639. The van der Waals surface area contributed by atoms with Crippen molar-refractivity contribution in [2.24, 2.45) is 0 Å². The lowest BCUT2D eigenvalue weighted by Gasteiger charge is -2.39. The fourth-order valence-electron chi connectivity index (χ4n) is 3.68. The normalized spacial score (nSPS) is 23.2. The molecule has 0 saturated carbocycles. The summed E-state index contributed by atoms with van der Waals surface area (Å²) in [6, 6.07) is 7.00. The maximum atomic E-state index is 6.07. The fourth-order valence-corrected chi connectivity index (χ4v) is 3.68. The third-order valence-corrected chi connectivity index (χ3v) is 4.76. The molecule has 0 bridgehead atoms. The van der Waals surface area contributed by atoms with Gasteiger partial charge >= 0.3 is 0 Å². The van der Waals surface area contributed by atoms with Gasteiger partial charge in [-0.1, -0.05) is 0 Å². The van der Waals surface area contributed by atoms with E-state index in [2.05, 4.69) is 26.9 Å². The van der Waals surface area contributed by atoms with Gasteiger partial charge in [0, 0.05) is 60.2 Å². The lowest BCUT2D eigenvalue weighted by atomic mass is 10.1. The van der Waals surface area contributed by atoms with Crippen LogP contribution in [0.25, 0.3) is 10.8 Å². The van der Waals surface area contributed by atoms with Crippen LogP contribution in [-0.2, 0) is 0 Å². The minimum Gasteiger partial charge on any atom is -0.398 e. The number of aromatic nitrogens is 1. The van der Waals surface area contributed by atoms with Gasteiger partial charge in [-0.2, -0.15) is 0 Å². The number of fused-ring (bicyclic) bond motifs is 2. The molecule has 2 aromatic rings. The molecule has 0 spiro atoms. The van der Waals surface area contributed by atoms with Gasteiger partial charge in [-0.05, 0) is 37.6 Å². The van der Waals surface area contributed by atoms with Gasteiger partial charge < -0.3 is 10.6 Å². The van der Waals surface area contributed by atoms with Gasteiger partial charge in [0.1, 0.15) is 0 Å². The minimum atomic E-state index is 0.734. The van der Waals surface area contributed by atoms with Crippen LogP contribution in [0.5, 0.6) is 0 Å². The van der Waals surface area contributed by atoms with Crippen molar-refractivity contribution in [3.8, 4) is 0 Å². The minimum absolute atomic E-state index is 0.734. The monoisotopic (exact) mass is 268 g/mol. The molecule has 1 atom stereocenters. The molecule has 4 nitrogen and oxygen atoms in total. The molecule has 0 radical (unpaired) electrons. The summed E-state index contributed by atoms with van der Waals surface area (Å²) >= 11 is 0. The van der Waals surface area contributed by atoms with Crippen LogP contribution in [0.1, 0.15) is 12.8 Å². The van der Waals surface area contributed by atoms with Gasteiger partial charge in [0.25, 0.3) is 0 Å². The first-order valence-electron chi connectivity index (χ1n) is 7.44. The number of hydrogen-bond donors (Lipinski definition) is 1. The lowest BCUT2D eigenvalue weighted by Crippen LogP contribution is -2.50. The standard InChI is InChI=1S/C16H20N4/c17-15-3-4-16(13-5-6-18-10-14(13)15)20-9-8-19-7-1-2-12(19)11-20/h3-6,10,12H,1-2,7-9,11,17H2. The molecule has 0 amide bonds. The largest absolute Gasteiger partial charge is 0.398 e. The predicted octanol–water partition coefficient (Wildman–Crippen LogP) is 2.10. The summed E-state index contributed by atoms with van der Waals surface area (Å²) in [5.41, 5.74) is 8.20. The van der Waals surface area contributed by atoms with Crippen molar-refractivity contribution in [3.63, 3.8) is 0 Å². The average Bonchev–Trinajstić information content (AvgIpc) is 2.95. The van der Waals surface area contributed by atoms with E-state index in [1.165, 1.54) is 37.0 Å². The van der Waals surface area contributed by atoms with Gasteiger partial charge in [-0.15, -0.1) is 0 Å². The van der Waals surface area contributed by atoms with E-state index in [4.69, 9.17) is 5.73 Å². The third kappa shape index (κ3) is 1.83. The maximum absolute atomic E-state index is 6.07. The van der Waals surface area contributed by atoms with Crippen LogP contribution >= 0.6 is 0 Å². The first-order valence-corrected chi connectivity index (χ1v) is 7.44. The number of nitrogen functional groups attached to an aromatic ring is 1. The van der Waals surface area contributed by atoms with Crippen LogP contribution in [0.15, 0.2) is 30.6 Å². The van der Waals surface area contributed by atoms with Gasteiger partial charge in [-0.25, -0.2) is 0 Å².